The van der Waals surface area contributed by atoms with Crippen LogP contribution >= 0.6 is 0 Å². The van der Waals surface area contributed by atoms with E-state index >= 15 is 0 Å². The van der Waals surface area contributed by atoms with Gasteiger partial charge < -0.3 is 14.6 Å². The van der Waals surface area contributed by atoms with Gasteiger partial charge in [0.1, 0.15) is 0 Å². The zero-order valence-corrected chi connectivity index (χ0v) is 15.1. The van der Waals surface area contributed by atoms with Crippen LogP contribution < -0.4 is 0 Å². The molecule has 1 aromatic rings. The number of hydrogen-bond acceptors (Lipinski definition) is 3. The van der Waals surface area contributed by atoms with Crippen molar-refractivity contribution in [3.8, 4) is 0 Å². The predicted molar refractivity (Wildman–Crippen MR) is 90.0 cm³/mol. The van der Waals surface area contributed by atoms with Crippen molar-refractivity contribution >= 4 is 8.32 Å². The van der Waals surface area contributed by atoms with Crippen molar-refractivity contribution in [1.82, 2.24) is 0 Å². The van der Waals surface area contributed by atoms with Crippen molar-refractivity contribution in [2.45, 2.75) is 64.0 Å². The number of aliphatic hydroxyl groups is 2. The summed E-state index contributed by atoms with van der Waals surface area (Å²) >= 11 is 0. The highest BCUT2D eigenvalue weighted by Gasteiger charge is 2.40. The molecule has 0 amide bonds. The molecular formula is C17H30O3Si. The van der Waals surface area contributed by atoms with Crippen LogP contribution in [0.3, 0.4) is 0 Å². The van der Waals surface area contributed by atoms with Gasteiger partial charge in [0.15, 0.2) is 8.32 Å². The molecule has 0 saturated carbocycles. The average Bonchev–Trinajstić information content (AvgIpc) is 2.38. The predicted octanol–water partition coefficient (Wildman–Crippen LogP) is 3.53. The lowest BCUT2D eigenvalue weighted by molar-refractivity contribution is 0.00722. The van der Waals surface area contributed by atoms with Gasteiger partial charge in [0.25, 0.3) is 0 Å². The molecule has 0 heterocycles. The van der Waals surface area contributed by atoms with Gasteiger partial charge in [0, 0.05) is 5.92 Å². The van der Waals surface area contributed by atoms with E-state index in [2.05, 4.69) is 33.9 Å². The molecule has 0 aliphatic carbocycles. The Morgan fingerprint density at radius 1 is 1.14 bits per heavy atom. The second kappa shape index (κ2) is 7.05. The first kappa shape index (κ1) is 18.4. The summed E-state index contributed by atoms with van der Waals surface area (Å²) in [6.45, 7) is 12.7. The second-order valence-electron chi connectivity index (χ2n) is 7.27. The van der Waals surface area contributed by atoms with Crippen LogP contribution in [-0.4, -0.2) is 37.3 Å². The van der Waals surface area contributed by atoms with Gasteiger partial charge in [-0.1, -0.05) is 51.1 Å². The molecule has 0 aliphatic rings. The van der Waals surface area contributed by atoms with Crippen LogP contribution in [0.25, 0.3) is 0 Å². The van der Waals surface area contributed by atoms with Crippen molar-refractivity contribution in [3.63, 3.8) is 0 Å². The van der Waals surface area contributed by atoms with Crippen LogP contribution in [0, 0.1) is 0 Å². The first-order valence-electron chi connectivity index (χ1n) is 7.62. The highest BCUT2D eigenvalue weighted by atomic mass is 28.4. The SMILES string of the molecule is C[C@@H](O[Si](C)(C)C(C)(C)C)[C@H](O)[C@@H](CO)c1ccccc1. The van der Waals surface area contributed by atoms with E-state index < -0.39 is 14.4 Å². The summed E-state index contributed by atoms with van der Waals surface area (Å²) in [6, 6.07) is 9.64. The molecule has 1 rings (SSSR count). The van der Waals surface area contributed by atoms with Gasteiger partial charge in [0.05, 0.1) is 18.8 Å². The molecule has 0 aliphatic heterocycles. The van der Waals surface area contributed by atoms with Gasteiger partial charge in [-0.15, -0.1) is 0 Å². The lowest BCUT2D eigenvalue weighted by Crippen LogP contribution is -2.47. The van der Waals surface area contributed by atoms with E-state index in [1.54, 1.807) is 0 Å². The molecule has 1 aromatic carbocycles. The first-order valence-corrected chi connectivity index (χ1v) is 10.5. The zero-order chi connectivity index (χ0) is 16.3. The maximum atomic E-state index is 10.6. The van der Waals surface area contributed by atoms with Crippen LogP contribution in [0.2, 0.25) is 18.1 Å². The van der Waals surface area contributed by atoms with Crippen molar-refractivity contribution in [3.05, 3.63) is 35.9 Å². The number of rotatable bonds is 6. The molecule has 0 radical (unpaired) electrons. The average molecular weight is 311 g/mol. The van der Waals surface area contributed by atoms with Crippen LogP contribution in [-0.2, 0) is 4.43 Å². The molecule has 0 unspecified atom stereocenters. The topological polar surface area (TPSA) is 49.7 Å². The monoisotopic (exact) mass is 310 g/mol. The molecule has 0 bridgehead atoms. The maximum absolute atomic E-state index is 10.6. The quantitative estimate of drug-likeness (QED) is 0.790. The van der Waals surface area contributed by atoms with Crippen molar-refractivity contribution in [2.24, 2.45) is 0 Å². The summed E-state index contributed by atoms with van der Waals surface area (Å²) < 4.78 is 6.25. The zero-order valence-electron chi connectivity index (χ0n) is 14.1. The minimum atomic E-state index is -1.93. The number of hydrogen-bond donors (Lipinski definition) is 2. The Hall–Kier alpha value is -0.683. The summed E-state index contributed by atoms with van der Waals surface area (Å²) in [6.07, 6.45) is -1.02. The summed E-state index contributed by atoms with van der Waals surface area (Å²) in [5.74, 6) is -0.314. The van der Waals surface area contributed by atoms with E-state index in [4.69, 9.17) is 4.43 Å². The minimum absolute atomic E-state index is 0.0869. The highest BCUT2D eigenvalue weighted by Crippen LogP contribution is 2.38. The molecule has 0 spiro atoms. The summed E-state index contributed by atoms with van der Waals surface area (Å²) in [5.41, 5.74) is 0.943. The van der Waals surface area contributed by atoms with Gasteiger partial charge in [-0.3, -0.25) is 0 Å². The third kappa shape index (κ3) is 4.64. The lowest BCUT2D eigenvalue weighted by atomic mass is 9.91. The van der Waals surface area contributed by atoms with Crippen LogP contribution in [0.15, 0.2) is 30.3 Å². The fourth-order valence-electron chi connectivity index (χ4n) is 2.15. The standard InChI is InChI=1S/C17H30O3Si/c1-13(20-21(5,6)17(2,3)4)16(19)15(12-18)14-10-8-7-9-11-14/h7-11,13,15-16,18-19H,12H2,1-6H3/t13-,15+,16+/m1/s1. The normalized spacial score (nSPS) is 17.3. The summed E-state index contributed by atoms with van der Waals surface area (Å²) in [5, 5.41) is 20.3. The van der Waals surface area contributed by atoms with Crippen molar-refractivity contribution < 1.29 is 14.6 Å². The molecule has 3 atom stereocenters. The largest absolute Gasteiger partial charge is 0.412 e. The van der Waals surface area contributed by atoms with E-state index in [-0.39, 0.29) is 23.7 Å². The van der Waals surface area contributed by atoms with E-state index in [1.165, 1.54) is 0 Å². The Bertz CT molecular complexity index is 425. The minimum Gasteiger partial charge on any atom is -0.412 e. The Morgan fingerprint density at radius 3 is 2.10 bits per heavy atom. The van der Waals surface area contributed by atoms with Gasteiger partial charge in [-0.05, 0) is 30.6 Å². The Balaban J connectivity index is 2.84. The van der Waals surface area contributed by atoms with E-state index in [0.29, 0.717) is 0 Å². The van der Waals surface area contributed by atoms with Crippen molar-refractivity contribution in [2.75, 3.05) is 6.61 Å². The molecule has 0 saturated heterocycles. The van der Waals surface area contributed by atoms with Gasteiger partial charge in [-0.25, -0.2) is 0 Å². The molecule has 0 aromatic heterocycles. The van der Waals surface area contributed by atoms with Crippen LogP contribution in [0.1, 0.15) is 39.2 Å². The molecule has 3 nitrogen and oxygen atoms in total. The maximum Gasteiger partial charge on any atom is 0.192 e. The lowest BCUT2D eigenvalue weighted by Gasteiger charge is -2.40. The van der Waals surface area contributed by atoms with E-state index in [9.17, 15) is 10.2 Å². The molecule has 2 N–H and O–H groups in total. The Kier molecular flexibility index (Phi) is 6.17. The Labute approximate surface area is 130 Å². The number of benzene rings is 1. The van der Waals surface area contributed by atoms with Gasteiger partial charge >= 0.3 is 0 Å². The smallest absolute Gasteiger partial charge is 0.192 e. The molecule has 0 fully saturated rings. The third-order valence-corrected chi connectivity index (χ3v) is 9.18. The fourth-order valence-corrected chi connectivity index (χ4v) is 3.57. The first-order chi connectivity index (χ1) is 9.60. The van der Waals surface area contributed by atoms with Gasteiger partial charge in [0.2, 0.25) is 0 Å². The number of aliphatic hydroxyl groups excluding tert-OH is 2. The van der Waals surface area contributed by atoms with E-state index in [1.807, 2.05) is 37.3 Å². The van der Waals surface area contributed by atoms with Crippen molar-refractivity contribution in [1.29, 1.82) is 0 Å². The third-order valence-electron chi connectivity index (χ3n) is 4.60. The van der Waals surface area contributed by atoms with E-state index in [0.717, 1.165) is 5.56 Å². The molecule has 4 heteroatoms. The highest BCUT2D eigenvalue weighted by molar-refractivity contribution is 6.74. The van der Waals surface area contributed by atoms with Crippen LogP contribution in [0.4, 0.5) is 0 Å². The molecular weight excluding hydrogens is 280 g/mol. The summed E-state index contributed by atoms with van der Waals surface area (Å²) in [7, 11) is -1.93. The molecule has 120 valence electrons. The summed E-state index contributed by atoms with van der Waals surface area (Å²) in [4.78, 5) is 0. The second-order valence-corrected chi connectivity index (χ2v) is 12.0. The molecule has 21 heavy (non-hydrogen) atoms. The fraction of sp³-hybridized carbons (Fsp3) is 0.647. The van der Waals surface area contributed by atoms with Gasteiger partial charge in [-0.2, -0.15) is 0 Å². The Morgan fingerprint density at radius 2 is 1.67 bits per heavy atom. The van der Waals surface area contributed by atoms with Crippen LogP contribution in [0.5, 0.6) is 0 Å².